The maximum absolute atomic E-state index is 13.3. The Kier molecular flexibility index (Phi) is 3.79. The summed E-state index contributed by atoms with van der Waals surface area (Å²) in [5, 5.41) is 0. The minimum atomic E-state index is -3.39. The van der Waals surface area contributed by atoms with E-state index in [1.54, 1.807) is 0 Å². The van der Waals surface area contributed by atoms with Crippen LogP contribution >= 0.6 is 0 Å². The van der Waals surface area contributed by atoms with Crippen LogP contribution in [0.1, 0.15) is 6.42 Å². The van der Waals surface area contributed by atoms with Gasteiger partial charge in [0.05, 0.1) is 13.2 Å². The molecule has 1 fully saturated rings. The topological polar surface area (TPSA) is 29.5 Å². The van der Waals surface area contributed by atoms with E-state index in [0.717, 1.165) is 4.90 Å². The number of amides is 1. The molecule has 0 saturated carbocycles. The summed E-state index contributed by atoms with van der Waals surface area (Å²) in [5.74, 6) is -4.55. The van der Waals surface area contributed by atoms with Crippen LogP contribution in [-0.4, -0.2) is 43.0 Å². The van der Waals surface area contributed by atoms with Gasteiger partial charge in [-0.05, 0) is 6.92 Å². The zero-order chi connectivity index (χ0) is 11.5. The second kappa shape index (κ2) is 4.70. The Bertz CT molecular complexity index is 260. The molecule has 1 rings (SSSR count). The van der Waals surface area contributed by atoms with Gasteiger partial charge >= 0.3 is 5.92 Å². The number of ether oxygens (including phenoxy) is 1. The van der Waals surface area contributed by atoms with Gasteiger partial charge in [-0.3, -0.25) is 4.79 Å². The lowest BCUT2D eigenvalue weighted by Crippen LogP contribution is -2.48. The molecule has 1 heterocycles. The molecule has 1 saturated heterocycles. The second-order valence-electron chi connectivity index (χ2n) is 3.54. The van der Waals surface area contributed by atoms with Gasteiger partial charge in [0.25, 0.3) is 5.91 Å². The Morgan fingerprint density at radius 3 is 2.40 bits per heavy atom. The molecule has 0 aromatic rings. The summed E-state index contributed by atoms with van der Waals surface area (Å²) in [6.45, 7) is 7.63. The summed E-state index contributed by atoms with van der Waals surface area (Å²) in [7, 11) is 0. The van der Waals surface area contributed by atoms with Crippen molar-refractivity contribution in [2.24, 2.45) is 0 Å². The molecule has 0 N–H and O–H groups in total. The first kappa shape index (κ1) is 12.1. The van der Waals surface area contributed by atoms with Gasteiger partial charge in [0.15, 0.2) is 0 Å². The number of carbonyl (C=O) groups is 1. The van der Waals surface area contributed by atoms with Gasteiger partial charge in [-0.2, -0.15) is 8.78 Å². The van der Waals surface area contributed by atoms with Crippen LogP contribution in [0.5, 0.6) is 0 Å². The van der Waals surface area contributed by atoms with Crippen molar-refractivity contribution < 1.29 is 18.3 Å². The monoisotopic (exact) mass is 218 g/mol. The maximum Gasteiger partial charge on any atom is 0.328 e. The van der Waals surface area contributed by atoms with E-state index in [1.165, 1.54) is 0 Å². The van der Waals surface area contributed by atoms with Crippen molar-refractivity contribution in [3.8, 4) is 0 Å². The molecule has 15 heavy (non-hydrogen) atoms. The van der Waals surface area contributed by atoms with Crippen molar-refractivity contribution in [3.63, 3.8) is 0 Å². The molecule has 1 aliphatic rings. The molecule has 5 heteroatoms. The lowest BCUT2D eigenvalue weighted by atomic mass is 10.1. The Balaban J connectivity index is 2.60. The molecule has 0 aliphatic carbocycles. The van der Waals surface area contributed by atoms with Crippen molar-refractivity contribution in [2.45, 2.75) is 12.3 Å². The van der Waals surface area contributed by atoms with E-state index in [-0.39, 0.29) is 18.7 Å². The summed E-state index contributed by atoms with van der Waals surface area (Å²) < 4.78 is 31.6. The van der Waals surface area contributed by atoms with Crippen LogP contribution in [0.3, 0.4) is 0 Å². The predicted molar refractivity (Wildman–Crippen MR) is 51.5 cm³/mol. The smallest absolute Gasteiger partial charge is 0.328 e. The van der Waals surface area contributed by atoms with E-state index >= 15 is 0 Å². The normalized spacial score (nSPS) is 17.7. The van der Waals surface area contributed by atoms with E-state index in [9.17, 15) is 13.6 Å². The van der Waals surface area contributed by atoms with Crippen molar-refractivity contribution in [3.05, 3.63) is 19.1 Å². The molecule has 1 amide bonds. The zero-order valence-electron chi connectivity index (χ0n) is 8.47. The van der Waals surface area contributed by atoms with Crippen LogP contribution in [0.15, 0.2) is 12.2 Å². The van der Waals surface area contributed by atoms with Crippen LogP contribution in [0.25, 0.3) is 0 Å². The Hall–Kier alpha value is -0.970. The van der Waals surface area contributed by atoms with Gasteiger partial charge in [0, 0.05) is 19.5 Å². The quantitative estimate of drug-likeness (QED) is 0.713. The first-order valence-electron chi connectivity index (χ1n) is 4.68. The maximum atomic E-state index is 13.3. The molecular formula is C10H14F2NO2. The van der Waals surface area contributed by atoms with Crippen LogP contribution in [0.2, 0.25) is 0 Å². The first-order chi connectivity index (χ1) is 6.93. The van der Waals surface area contributed by atoms with Crippen molar-refractivity contribution in [2.75, 3.05) is 26.3 Å². The van der Waals surface area contributed by atoms with Gasteiger partial charge in [-0.1, -0.05) is 12.2 Å². The number of carbonyl (C=O) groups excluding carboxylic acids is 1. The highest BCUT2D eigenvalue weighted by Gasteiger charge is 2.42. The van der Waals surface area contributed by atoms with E-state index in [1.807, 2.05) is 0 Å². The second-order valence-corrected chi connectivity index (χ2v) is 3.54. The van der Waals surface area contributed by atoms with Crippen molar-refractivity contribution >= 4 is 5.91 Å². The van der Waals surface area contributed by atoms with Gasteiger partial charge in [-0.25, -0.2) is 0 Å². The van der Waals surface area contributed by atoms with Crippen LogP contribution in [-0.2, 0) is 9.53 Å². The van der Waals surface area contributed by atoms with Crippen LogP contribution in [0.4, 0.5) is 8.78 Å². The molecule has 0 aromatic heterocycles. The third kappa shape index (κ3) is 3.27. The van der Waals surface area contributed by atoms with E-state index in [0.29, 0.717) is 13.2 Å². The molecule has 0 unspecified atom stereocenters. The van der Waals surface area contributed by atoms with Crippen molar-refractivity contribution in [1.82, 2.24) is 4.90 Å². The fourth-order valence-corrected chi connectivity index (χ4v) is 1.39. The van der Waals surface area contributed by atoms with E-state index in [4.69, 9.17) is 4.74 Å². The third-order valence-electron chi connectivity index (χ3n) is 2.08. The largest absolute Gasteiger partial charge is 0.378 e. The fraction of sp³-hybridized carbons (Fsp3) is 0.600. The molecule has 3 nitrogen and oxygen atoms in total. The number of hydrogen-bond donors (Lipinski definition) is 0. The number of halogens is 2. The number of morpholine rings is 1. The molecule has 0 atom stereocenters. The molecule has 1 aliphatic heterocycles. The SMILES string of the molecule is [CH2]C(=C)CC(F)(F)C(=O)N1CCOCC1. The molecule has 1 radical (unpaired) electrons. The Morgan fingerprint density at radius 1 is 1.40 bits per heavy atom. The van der Waals surface area contributed by atoms with Crippen molar-refractivity contribution in [1.29, 1.82) is 0 Å². The highest BCUT2D eigenvalue weighted by atomic mass is 19.3. The third-order valence-corrected chi connectivity index (χ3v) is 2.08. The highest BCUT2D eigenvalue weighted by molar-refractivity contribution is 5.83. The number of hydrogen-bond acceptors (Lipinski definition) is 2. The summed E-state index contributed by atoms with van der Waals surface area (Å²) in [6.07, 6.45) is -0.691. The molecule has 85 valence electrons. The Morgan fingerprint density at radius 2 is 1.93 bits per heavy atom. The lowest BCUT2D eigenvalue weighted by Gasteiger charge is -2.30. The molecule has 0 bridgehead atoms. The van der Waals surface area contributed by atoms with Gasteiger partial charge in [0.1, 0.15) is 0 Å². The first-order valence-corrected chi connectivity index (χ1v) is 4.68. The number of alkyl halides is 2. The minimum absolute atomic E-state index is 0.0570. The highest BCUT2D eigenvalue weighted by Crippen LogP contribution is 2.25. The summed E-state index contributed by atoms with van der Waals surface area (Å²) >= 11 is 0. The van der Waals surface area contributed by atoms with E-state index < -0.39 is 18.3 Å². The molecular weight excluding hydrogens is 204 g/mol. The molecule has 0 aromatic carbocycles. The standard InChI is InChI=1S/C10H14F2NO2/c1-8(2)7-10(11,12)9(14)13-3-5-15-6-4-13/h1-7H2. The van der Waals surface area contributed by atoms with Crippen LogP contribution < -0.4 is 0 Å². The minimum Gasteiger partial charge on any atom is -0.378 e. The number of nitrogens with zero attached hydrogens (tertiary/aromatic N) is 1. The van der Waals surface area contributed by atoms with Gasteiger partial charge < -0.3 is 9.64 Å². The zero-order valence-corrected chi connectivity index (χ0v) is 8.47. The van der Waals surface area contributed by atoms with Crippen LogP contribution in [0, 0.1) is 6.92 Å². The summed E-state index contributed by atoms with van der Waals surface area (Å²) in [6, 6.07) is 0. The average Bonchev–Trinajstić information content (AvgIpc) is 2.16. The van der Waals surface area contributed by atoms with E-state index in [2.05, 4.69) is 13.5 Å². The molecule has 0 spiro atoms. The van der Waals surface area contributed by atoms with Gasteiger partial charge in [0.2, 0.25) is 0 Å². The lowest BCUT2D eigenvalue weighted by molar-refractivity contribution is -0.161. The Labute approximate surface area is 87.7 Å². The predicted octanol–water partition coefficient (Wildman–Crippen LogP) is 1.26. The fourth-order valence-electron chi connectivity index (χ4n) is 1.39. The number of rotatable bonds is 3. The number of allylic oxidation sites excluding steroid dienone is 1. The average molecular weight is 218 g/mol. The summed E-state index contributed by atoms with van der Waals surface area (Å²) in [4.78, 5) is 12.5. The van der Waals surface area contributed by atoms with Gasteiger partial charge in [-0.15, -0.1) is 0 Å². The summed E-state index contributed by atoms with van der Waals surface area (Å²) in [5.41, 5.74) is 0.0570.